The molecular weight excluding hydrogens is 312 g/mol. The third kappa shape index (κ3) is 3.50. The van der Waals surface area contributed by atoms with Crippen LogP contribution in [0, 0.1) is 20.8 Å². The Labute approximate surface area is 137 Å². The standard InChI is InChI=1S/C15H18N6O3/c1-8-6-12(20-23-8)15-17-14(24-21-15)7-16-13(22)5-4-11-9(2)18-19-10(11)3/h6H,4-5,7H2,1-3H3,(H,16,22)(H,18,19). The molecule has 126 valence electrons. The molecule has 0 fully saturated rings. The number of aromatic nitrogens is 5. The second-order valence-corrected chi connectivity index (χ2v) is 5.52. The maximum atomic E-state index is 12.0. The van der Waals surface area contributed by atoms with Crippen molar-refractivity contribution in [3.05, 3.63) is 34.7 Å². The topological polar surface area (TPSA) is 123 Å². The van der Waals surface area contributed by atoms with Gasteiger partial charge in [0.15, 0.2) is 5.69 Å². The summed E-state index contributed by atoms with van der Waals surface area (Å²) in [6.07, 6.45) is 0.998. The highest BCUT2D eigenvalue weighted by Crippen LogP contribution is 2.15. The average molecular weight is 330 g/mol. The largest absolute Gasteiger partial charge is 0.361 e. The van der Waals surface area contributed by atoms with Crippen molar-refractivity contribution in [3.8, 4) is 11.5 Å². The minimum Gasteiger partial charge on any atom is -0.361 e. The zero-order valence-electron chi connectivity index (χ0n) is 13.7. The number of carbonyl (C=O) groups excluding carboxylic acids is 1. The summed E-state index contributed by atoms with van der Waals surface area (Å²) in [5.74, 6) is 1.22. The molecule has 0 unspecified atom stereocenters. The van der Waals surface area contributed by atoms with Crippen molar-refractivity contribution < 1.29 is 13.8 Å². The Kier molecular flexibility index (Phi) is 4.41. The number of H-pyrrole nitrogens is 1. The molecule has 3 rings (SSSR count). The molecule has 0 saturated carbocycles. The predicted molar refractivity (Wildman–Crippen MR) is 82.8 cm³/mol. The van der Waals surface area contributed by atoms with Crippen molar-refractivity contribution in [1.82, 2.24) is 30.8 Å². The second-order valence-electron chi connectivity index (χ2n) is 5.52. The first-order valence-electron chi connectivity index (χ1n) is 7.56. The lowest BCUT2D eigenvalue weighted by atomic mass is 10.1. The van der Waals surface area contributed by atoms with E-state index >= 15 is 0 Å². The Hall–Kier alpha value is -2.97. The van der Waals surface area contributed by atoms with Crippen LogP contribution in [0.3, 0.4) is 0 Å². The van der Waals surface area contributed by atoms with Crippen molar-refractivity contribution in [2.24, 2.45) is 0 Å². The third-order valence-electron chi connectivity index (χ3n) is 3.64. The molecule has 0 aromatic carbocycles. The number of aromatic amines is 1. The first-order chi connectivity index (χ1) is 11.5. The first-order valence-corrected chi connectivity index (χ1v) is 7.56. The molecule has 1 amide bonds. The van der Waals surface area contributed by atoms with Gasteiger partial charge in [0, 0.05) is 18.2 Å². The van der Waals surface area contributed by atoms with E-state index in [2.05, 4.69) is 30.8 Å². The zero-order valence-corrected chi connectivity index (χ0v) is 13.7. The molecule has 0 radical (unpaired) electrons. The summed E-state index contributed by atoms with van der Waals surface area (Å²) in [5.41, 5.74) is 3.49. The van der Waals surface area contributed by atoms with Crippen LogP contribution < -0.4 is 5.32 Å². The van der Waals surface area contributed by atoms with Crippen LogP contribution in [0.2, 0.25) is 0 Å². The van der Waals surface area contributed by atoms with Gasteiger partial charge in [-0.25, -0.2) is 0 Å². The van der Waals surface area contributed by atoms with Crippen LogP contribution in [-0.4, -0.2) is 31.4 Å². The highest BCUT2D eigenvalue weighted by atomic mass is 16.5. The molecule has 0 spiro atoms. The van der Waals surface area contributed by atoms with Crippen LogP contribution >= 0.6 is 0 Å². The molecular formula is C15H18N6O3. The number of nitrogens with one attached hydrogen (secondary N) is 2. The van der Waals surface area contributed by atoms with E-state index in [1.54, 1.807) is 13.0 Å². The minimum atomic E-state index is -0.0907. The van der Waals surface area contributed by atoms with E-state index in [9.17, 15) is 4.79 Å². The summed E-state index contributed by atoms with van der Waals surface area (Å²) < 4.78 is 10.1. The van der Waals surface area contributed by atoms with Gasteiger partial charge in [0.05, 0.1) is 12.2 Å². The van der Waals surface area contributed by atoms with Gasteiger partial charge in [0.25, 0.3) is 0 Å². The average Bonchev–Trinajstić information content (AvgIpc) is 3.25. The Balaban J connectivity index is 1.51. The van der Waals surface area contributed by atoms with E-state index in [-0.39, 0.29) is 12.5 Å². The second kappa shape index (κ2) is 6.65. The smallest absolute Gasteiger partial charge is 0.246 e. The van der Waals surface area contributed by atoms with Crippen LogP contribution in [0.1, 0.15) is 35.0 Å². The molecule has 0 aliphatic carbocycles. The molecule has 9 heteroatoms. The molecule has 3 aromatic rings. The van der Waals surface area contributed by atoms with Crippen molar-refractivity contribution in [1.29, 1.82) is 0 Å². The van der Waals surface area contributed by atoms with Gasteiger partial charge in [-0.1, -0.05) is 10.3 Å². The van der Waals surface area contributed by atoms with Crippen molar-refractivity contribution in [2.75, 3.05) is 0 Å². The van der Waals surface area contributed by atoms with Crippen LogP contribution in [0.15, 0.2) is 15.1 Å². The fourth-order valence-corrected chi connectivity index (χ4v) is 2.35. The van der Waals surface area contributed by atoms with Crippen molar-refractivity contribution in [3.63, 3.8) is 0 Å². The number of amides is 1. The van der Waals surface area contributed by atoms with E-state index in [0.29, 0.717) is 36.0 Å². The Morgan fingerprint density at radius 1 is 1.25 bits per heavy atom. The summed E-state index contributed by atoms with van der Waals surface area (Å²) in [6.45, 7) is 5.81. The van der Waals surface area contributed by atoms with Gasteiger partial charge >= 0.3 is 0 Å². The van der Waals surface area contributed by atoms with Gasteiger partial charge in [-0.3, -0.25) is 9.89 Å². The zero-order chi connectivity index (χ0) is 17.1. The number of rotatable bonds is 6. The Morgan fingerprint density at radius 3 is 2.75 bits per heavy atom. The van der Waals surface area contributed by atoms with Gasteiger partial charge in [-0.2, -0.15) is 10.1 Å². The van der Waals surface area contributed by atoms with E-state index in [1.807, 2.05) is 13.8 Å². The SMILES string of the molecule is Cc1cc(-c2noc(CNC(=O)CCc3c(C)n[nH]c3C)n2)no1. The highest BCUT2D eigenvalue weighted by Gasteiger charge is 2.14. The van der Waals surface area contributed by atoms with Gasteiger partial charge < -0.3 is 14.4 Å². The first kappa shape index (κ1) is 15.9. The molecule has 24 heavy (non-hydrogen) atoms. The highest BCUT2D eigenvalue weighted by molar-refractivity contribution is 5.76. The molecule has 0 atom stereocenters. The van der Waals surface area contributed by atoms with Crippen molar-refractivity contribution in [2.45, 2.75) is 40.2 Å². The molecule has 9 nitrogen and oxygen atoms in total. The minimum absolute atomic E-state index is 0.0907. The van der Waals surface area contributed by atoms with Gasteiger partial charge in [-0.05, 0) is 32.8 Å². The molecule has 0 aliphatic heterocycles. The Morgan fingerprint density at radius 2 is 2.08 bits per heavy atom. The maximum Gasteiger partial charge on any atom is 0.246 e. The summed E-state index contributed by atoms with van der Waals surface area (Å²) >= 11 is 0. The van der Waals surface area contributed by atoms with Crippen LogP contribution in [0.5, 0.6) is 0 Å². The monoisotopic (exact) mass is 330 g/mol. The summed E-state index contributed by atoms with van der Waals surface area (Å²) in [5, 5.41) is 17.4. The van der Waals surface area contributed by atoms with Crippen molar-refractivity contribution >= 4 is 5.91 Å². The summed E-state index contributed by atoms with van der Waals surface area (Å²) in [6, 6.07) is 1.71. The van der Waals surface area contributed by atoms with Crippen LogP contribution in [0.4, 0.5) is 0 Å². The van der Waals surface area contributed by atoms with E-state index < -0.39 is 0 Å². The van der Waals surface area contributed by atoms with Crippen LogP contribution in [0.25, 0.3) is 11.5 Å². The number of hydrogen-bond acceptors (Lipinski definition) is 7. The molecule has 3 heterocycles. The predicted octanol–water partition coefficient (Wildman–Crippen LogP) is 1.62. The van der Waals surface area contributed by atoms with Gasteiger partial charge in [0.2, 0.25) is 17.6 Å². The van der Waals surface area contributed by atoms with E-state index in [1.165, 1.54) is 0 Å². The quantitative estimate of drug-likeness (QED) is 0.704. The van der Waals surface area contributed by atoms with Gasteiger partial charge in [-0.15, -0.1) is 0 Å². The molecule has 0 aliphatic rings. The number of carbonyl (C=O) groups is 1. The van der Waals surface area contributed by atoms with E-state index in [4.69, 9.17) is 9.05 Å². The number of nitrogens with zero attached hydrogens (tertiary/aromatic N) is 4. The maximum absolute atomic E-state index is 12.0. The summed E-state index contributed by atoms with van der Waals surface area (Å²) in [4.78, 5) is 16.1. The Bertz CT molecular complexity index is 828. The molecule has 0 bridgehead atoms. The summed E-state index contributed by atoms with van der Waals surface area (Å²) in [7, 11) is 0. The fraction of sp³-hybridized carbons (Fsp3) is 0.400. The van der Waals surface area contributed by atoms with E-state index in [0.717, 1.165) is 17.0 Å². The van der Waals surface area contributed by atoms with Gasteiger partial charge in [0.1, 0.15) is 5.76 Å². The third-order valence-corrected chi connectivity index (χ3v) is 3.64. The lowest BCUT2D eigenvalue weighted by molar-refractivity contribution is -0.121. The lowest BCUT2D eigenvalue weighted by Crippen LogP contribution is -2.23. The fourth-order valence-electron chi connectivity index (χ4n) is 2.35. The molecule has 0 saturated heterocycles. The normalized spacial score (nSPS) is 11.0. The molecule has 2 N–H and O–H groups in total. The number of aryl methyl sites for hydroxylation is 3. The number of hydrogen-bond donors (Lipinski definition) is 2. The molecule has 3 aromatic heterocycles. The lowest BCUT2D eigenvalue weighted by Gasteiger charge is -2.03. The van der Waals surface area contributed by atoms with Crippen LogP contribution in [-0.2, 0) is 17.8 Å².